The molecule has 5 heteroatoms. The number of rotatable bonds is 5. The number of hydrogen-bond acceptors (Lipinski definition) is 2. The van der Waals surface area contributed by atoms with Gasteiger partial charge in [0.25, 0.3) is 0 Å². The Morgan fingerprint density at radius 3 is 2.43 bits per heavy atom. The van der Waals surface area contributed by atoms with E-state index in [0.29, 0.717) is 31.2 Å². The number of carbonyl (C=O) groups excluding carboxylic acids is 1. The van der Waals surface area contributed by atoms with Gasteiger partial charge in [-0.2, -0.15) is 0 Å². The molecule has 2 N–H and O–H groups in total. The van der Waals surface area contributed by atoms with Crippen LogP contribution in [0.5, 0.6) is 0 Å². The molecule has 0 spiro atoms. The number of carboxylic acids is 1. The molecule has 21 heavy (non-hydrogen) atoms. The molecule has 2 saturated carbocycles. The average Bonchev–Trinajstić information content (AvgIpc) is 3.16. The number of carbonyl (C=O) groups is 2. The number of aliphatic carboxylic acids is 1. The van der Waals surface area contributed by atoms with Crippen LogP contribution in [0.25, 0.3) is 0 Å². The minimum atomic E-state index is -0.851. The van der Waals surface area contributed by atoms with Crippen LogP contribution in [-0.4, -0.2) is 23.5 Å². The molecule has 0 radical (unpaired) electrons. The first-order valence-corrected chi connectivity index (χ1v) is 7.26. The molecule has 4 nitrogen and oxygen atoms in total. The summed E-state index contributed by atoms with van der Waals surface area (Å²) in [7, 11) is 0. The van der Waals surface area contributed by atoms with Gasteiger partial charge in [0, 0.05) is 6.54 Å². The second-order valence-electron chi connectivity index (χ2n) is 6.21. The first kappa shape index (κ1) is 14.0. The Hall–Kier alpha value is -1.91. The highest BCUT2D eigenvalue weighted by Crippen LogP contribution is 2.47. The third-order valence-corrected chi connectivity index (χ3v) is 4.91. The van der Waals surface area contributed by atoms with Crippen molar-refractivity contribution in [2.45, 2.75) is 37.5 Å². The molecule has 2 aliphatic carbocycles. The molecule has 1 aromatic rings. The van der Waals surface area contributed by atoms with E-state index in [2.05, 4.69) is 5.32 Å². The lowest BCUT2D eigenvalue weighted by Crippen LogP contribution is -2.51. The SMILES string of the molecule is O=C(O)C1(CNC(=O)C2(c3cccc(F)c3)CCC2)CC1. The van der Waals surface area contributed by atoms with Gasteiger partial charge in [0.1, 0.15) is 5.82 Å². The highest BCUT2D eigenvalue weighted by Gasteiger charge is 2.52. The number of carboxylic acid groups (broad SMARTS) is 1. The highest BCUT2D eigenvalue weighted by molar-refractivity contribution is 5.90. The Balaban J connectivity index is 1.74. The molecule has 0 heterocycles. The lowest BCUT2D eigenvalue weighted by atomic mass is 9.63. The van der Waals surface area contributed by atoms with E-state index < -0.39 is 16.8 Å². The summed E-state index contributed by atoms with van der Waals surface area (Å²) >= 11 is 0. The van der Waals surface area contributed by atoms with Crippen LogP contribution in [0, 0.1) is 11.2 Å². The second-order valence-corrected chi connectivity index (χ2v) is 6.21. The van der Waals surface area contributed by atoms with Crippen molar-refractivity contribution in [3.63, 3.8) is 0 Å². The topological polar surface area (TPSA) is 66.4 Å². The first-order valence-electron chi connectivity index (χ1n) is 7.26. The van der Waals surface area contributed by atoms with E-state index in [-0.39, 0.29) is 18.3 Å². The van der Waals surface area contributed by atoms with Crippen LogP contribution in [-0.2, 0) is 15.0 Å². The summed E-state index contributed by atoms with van der Waals surface area (Å²) < 4.78 is 13.4. The van der Waals surface area contributed by atoms with Crippen LogP contribution < -0.4 is 5.32 Å². The smallest absolute Gasteiger partial charge is 0.311 e. The van der Waals surface area contributed by atoms with E-state index in [0.717, 1.165) is 6.42 Å². The molecule has 2 fully saturated rings. The van der Waals surface area contributed by atoms with Gasteiger partial charge in [-0.15, -0.1) is 0 Å². The van der Waals surface area contributed by atoms with Crippen molar-refractivity contribution in [2.24, 2.45) is 5.41 Å². The van der Waals surface area contributed by atoms with Gasteiger partial charge < -0.3 is 10.4 Å². The van der Waals surface area contributed by atoms with Gasteiger partial charge in [-0.3, -0.25) is 9.59 Å². The van der Waals surface area contributed by atoms with Crippen molar-refractivity contribution in [1.29, 1.82) is 0 Å². The van der Waals surface area contributed by atoms with E-state index in [9.17, 15) is 14.0 Å². The van der Waals surface area contributed by atoms with Crippen molar-refractivity contribution in [3.8, 4) is 0 Å². The maximum Gasteiger partial charge on any atom is 0.311 e. The van der Waals surface area contributed by atoms with Crippen molar-refractivity contribution in [1.82, 2.24) is 5.32 Å². The molecule has 3 rings (SSSR count). The van der Waals surface area contributed by atoms with Gasteiger partial charge >= 0.3 is 5.97 Å². The van der Waals surface area contributed by atoms with Crippen molar-refractivity contribution in [3.05, 3.63) is 35.6 Å². The summed E-state index contributed by atoms with van der Waals surface area (Å²) in [5.74, 6) is -1.38. The number of amides is 1. The van der Waals surface area contributed by atoms with Gasteiger partial charge in [0.05, 0.1) is 10.8 Å². The van der Waals surface area contributed by atoms with Gasteiger partial charge in [0.2, 0.25) is 5.91 Å². The van der Waals surface area contributed by atoms with Crippen LogP contribution >= 0.6 is 0 Å². The molecule has 112 valence electrons. The third-order valence-electron chi connectivity index (χ3n) is 4.91. The first-order chi connectivity index (χ1) is 9.98. The fraction of sp³-hybridized carbons (Fsp3) is 0.500. The molecule has 0 aliphatic heterocycles. The minimum absolute atomic E-state index is 0.165. The van der Waals surface area contributed by atoms with E-state index in [1.54, 1.807) is 12.1 Å². The summed E-state index contributed by atoms with van der Waals surface area (Å²) in [6.07, 6.45) is 3.50. The van der Waals surface area contributed by atoms with Gasteiger partial charge in [-0.05, 0) is 43.4 Å². The number of hydrogen-bond donors (Lipinski definition) is 2. The van der Waals surface area contributed by atoms with Crippen LogP contribution in [0.15, 0.2) is 24.3 Å². The minimum Gasteiger partial charge on any atom is -0.481 e. The normalized spacial score (nSPS) is 21.2. The zero-order chi connectivity index (χ0) is 15.1. The van der Waals surface area contributed by atoms with E-state index in [1.807, 2.05) is 0 Å². The summed E-state index contributed by atoms with van der Waals surface area (Å²) in [4.78, 5) is 23.7. The van der Waals surface area contributed by atoms with Crippen LogP contribution in [0.4, 0.5) is 4.39 Å². The predicted molar refractivity (Wildman–Crippen MR) is 74.2 cm³/mol. The zero-order valence-corrected chi connectivity index (χ0v) is 11.7. The zero-order valence-electron chi connectivity index (χ0n) is 11.7. The second kappa shape index (κ2) is 4.83. The Labute approximate surface area is 122 Å². The van der Waals surface area contributed by atoms with Crippen LogP contribution in [0.3, 0.4) is 0 Å². The monoisotopic (exact) mass is 291 g/mol. The quantitative estimate of drug-likeness (QED) is 0.874. The number of halogens is 1. The van der Waals surface area contributed by atoms with E-state index in [4.69, 9.17) is 5.11 Å². The summed E-state index contributed by atoms with van der Waals surface area (Å²) in [6.45, 7) is 0.165. The van der Waals surface area contributed by atoms with Gasteiger partial charge in [-0.25, -0.2) is 4.39 Å². The summed E-state index contributed by atoms with van der Waals surface area (Å²) in [6, 6.07) is 6.14. The Morgan fingerprint density at radius 2 is 1.95 bits per heavy atom. The molecular formula is C16H18FNO3. The Morgan fingerprint density at radius 1 is 1.24 bits per heavy atom. The highest BCUT2D eigenvalue weighted by atomic mass is 19.1. The van der Waals surface area contributed by atoms with Crippen molar-refractivity contribution >= 4 is 11.9 Å². The maximum absolute atomic E-state index is 13.4. The van der Waals surface area contributed by atoms with E-state index >= 15 is 0 Å². The van der Waals surface area contributed by atoms with Gasteiger partial charge in [-0.1, -0.05) is 18.6 Å². The molecule has 0 saturated heterocycles. The summed E-state index contributed by atoms with van der Waals surface area (Å²) in [5.41, 5.74) is -0.773. The predicted octanol–water partition coefficient (Wildman–Crippen LogP) is 2.23. The van der Waals surface area contributed by atoms with Crippen molar-refractivity contribution in [2.75, 3.05) is 6.54 Å². The maximum atomic E-state index is 13.4. The van der Waals surface area contributed by atoms with Gasteiger partial charge in [0.15, 0.2) is 0 Å². The molecule has 1 aromatic carbocycles. The third kappa shape index (κ3) is 2.30. The molecule has 0 unspecified atom stereocenters. The largest absolute Gasteiger partial charge is 0.481 e. The molecule has 0 bridgehead atoms. The standard InChI is InChI=1S/C16H18FNO3/c17-12-4-1-3-11(9-12)16(5-2-6-16)13(19)18-10-15(7-8-15)14(20)21/h1,3-4,9H,2,5-8,10H2,(H,18,19)(H,20,21). The Kier molecular flexibility index (Phi) is 3.23. The fourth-order valence-electron chi connectivity index (χ4n) is 3.00. The van der Waals surface area contributed by atoms with Crippen LogP contribution in [0.2, 0.25) is 0 Å². The van der Waals surface area contributed by atoms with Crippen LogP contribution in [0.1, 0.15) is 37.7 Å². The molecule has 2 aliphatic rings. The van der Waals surface area contributed by atoms with Crippen molar-refractivity contribution < 1.29 is 19.1 Å². The lowest BCUT2D eigenvalue weighted by Gasteiger charge is -2.41. The lowest BCUT2D eigenvalue weighted by molar-refractivity contribution is -0.143. The molecule has 1 amide bonds. The number of nitrogens with one attached hydrogen (secondary N) is 1. The summed E-state index contributed by atoms with van der Waals surface area (Å²) in [5, 5.41) is 11.9. The molecule has 0 atom stereocenters. The molecular weight excluding hydrogens is 273 g/mol. The number of benzene rings is 1. The average molecular weight is 291 g/mol. The Bertz CT molecular complexity index is 591. The fourth-order valence-corrected chi connectivity index (χ4v) is 3.00. The molecule has 0 aromatic heterocycles. The van der Waals surface area contributed by atoms with E-state index in [1.165, 1.54) is 12.1 Å².